The molecule has 32 heavy (non-hydrogen) atoms. The van der Waals surface area contributed by atoms with E-state index in [1.165, 1.54) is 80.7 Å². The van der Waals surface area contributed by atoms with Gasteiger partial charge in [0.25, 0.3) is 11.5 Å². The van der Waals surface area contributed by atoms with E-state index >= 15 is 0 Å². The molecule has 1 N–H and O–H groups in total. The number of amides is 1. The minimum absolute atomic E-state index is 0.118. The fraction of sp³-hybridized carbons (Fsp3) is 0.545. The van der Waals surface area contributed by atoms with E-state index < -0.39 is 17.2 Å². The SMILES string of the molecule is Cn1c(=O)c2ccc(C(=O)Nc3nnc(C45CC6CC(CC(C6)C4)C5)s3)nc2n(C)c1=O. The number of pyridine rings is 1. The highest BCUT2D eigenvalue weighted by Crippen LogP contribution is 2.61. The Labute approximate surface area is 187 Å². The zero-order chi connectivity index (χ0) is 22.2. The number of aromatic nitrogens is 5. The van der Waals surface area contributed by atoms with E-state index in [2.05, 4.69) is 20.5 Å². The number of fused-ring (bicyclic) bond motifs is 1. The van der Waals surface area contributed by atoms with Gasteiger partial charge in [0.2, 0.25) is 5.13 Å². The van der Waals surface area contributed by atoms with Gasteiger partial charge in [0.15, 0.2) is 0 Å². The first-order chi connectivity index (χ1) is 15.3. The van der Waals surface area contributed by atoms with Gasteiger partial charge in [0.05, 0.1) is 5.39 Å². The first kappa shape index (κ1) is 19.8. The number of rotatable bonds is 3. The zero-order valence-electron chi connectivity index (χ0n) is 18.0. The van der Waals surface area contributed by atoms with Crippen molar-refractivity contribution in [1.82, 2.24) is 24.3 Å². The summed E-state index contributed by atoms with van der Waals surface area (Å²) >= 11 is 1.47. The van der Waals surface area contributed by atoms with Crippen LogP contribution in [0.5, 0.6) is 0 Å². The first-order valence-corrected chi connectivity index (χ1v) is 11.9. The van der Waals surface area contributed by atoms with Gasteiger partial charge in [0.1, 0.15) is 16.3 Å². The normalized spacial score (nSPS) is 28.4. The van der Waals surface area contributed by atoms with Gasteiger partial charge >= 0.3 is 5.69 Å². The maximum Gasteiger partial charge on any atom is 0.332 e. The number of nitrogens with zero attached hydrogens (tertiary/aromatic N) is 5. The maximum atomic E-state index is 12.9. The van der Waals surface area contributed by atoms with Crippen LogP contribution in [0.3, 0.4) is 0 Å². The summed E-state index contributed by atoms with van der Waals surface area (Å²) in [5, 5.41) is 13.3. The number of nitrogens with one attached hydrogen (secondary N) is 1. The van der Waals surface area contributed by atoms with Gasteiger partial charge in [0, 0.05) is 19.5 Å². The van der Waals surface area contributed by atoms with Crippen molar-refractivity contribution < 1.29 is 4.79 Å². The molecule has 3 aromatic rings. The Kier molecular flexibility index (Phi) is 4.21. The minimum Gasteiger partial charge on any atom is -0.295 e. The average Bonchev–Trinajstić information content (AvgIpc) is 3.24. The van der Waals surface area contributed by atoms with Crippen molar-refractivity contribution in [3.63, 3.8) is 0 Å². The summed E-state index contributed by atoms with van der Waals surface area (Å²) in [6.45, 7) is 0. The van der Waals surface area contributed by atoms with Crippen molar-refractivity contribution in [1.29, 1.82) is 0 Å². The lowest BCUT2D eigenvalue weighted by atomic mass is 9.50. The Bertz CT molecular complexity index is 1350. The monoisotopic (exact) mass is 452 g/mol. The summed E-state index contributed by atoms with van der Waals surface area (Å²) in [7, 11) is 2.95. The molecule has 4 aliphatic rings. The van der Waals surface area contributed by atoms with Gasteiger partial charge in [-0.25, -0.2) is 9.78 Å². The molecule has 4 fully saturated rings. The second-order valence-corrected chi connectivity index (χ2v) is 10.8. The third kappa shape index (κ3) is 2.88. The molecular weight excluding hydrogens is 428 g/mol. The number of anilines is 1. The maximum absolute atomic E-state index is 12.9. The van der Waals surface area contributed by atoms with Crippen LogP contribution in [0.4, 0.5) is 5.13 Å². The molecule has 0 aliphatic heterocycles. The van der Waals surface area contributed by atoms with Crippen molar-refractivity contribution >= 4 is 33.4 Å². The molecule has 0 aromatic carbocycles. The van der Waals surface area contributed by atoms with Crippen molar-refractivity contribution in [2.24, 2.45) is 31.8 Å². The standard InChI is InChI=1S/C22H24N6O3S/c1-27-16-14(18(30)28(2)21(27)31)3-4-15(23-16)17(29)24-20-26-25-19(32-20)22-8-11-5-12(9-22)7-13(6-11)10-22/h3-4,11-13H,5-10H2,1-2H3,(H,24,26,29). The van der Waals surface area contributed by atoms with Gasteiger partial charge in [-0.3, -0.25) is 24.0 Å². The lowest BCUT2D eigenvalue weighted by Crippen LogP contribution is -2.48. The summed E-state index contributed by atoms with van der Waals surface area (Å²) in [5.74, 6) is 1.99. The molecule has 0 atom stereocenters. The largest absolute Gasteiger partial charge is 0.332 e. The van der Waals surface area contributed by atoms with Crippen molar-refractivity contribution in [2.75, 3.05) is 5.32 Å². The Morgan fingerprint density at radius 1 is 1.03 bits per heavy atom. The minimum atomic E-state index is -0.489. The molecule has 4 bridgehead atoms. The van der Waals surface area contributed by atoms with E-state index in [0.29, 0.717) is 5.13 Å². The van der Waals surface area contributed by atoms with Gasteiger partial charge in [-0.1, -0.05) is 11.3 Å². The number of carbonyl (C=O) groups excluding carboxylic acids is 1. The Morgan fingerprint density at radius 2 is 1.69 bits per heavy atom. The molecule has 4 aliphatic carbocycles. The van der Waals surface area contributed by atoms with Crippen LogP contribution >= 0.6 is 11.3 Å². The molecule has 3 heterocycles. The zero-order valence-corrected chi connectivity index (χ0v) is 18.8. The van der Waals surface area contributed by atoms with Crippen molar-refractivity contribution in [2.45, 2.75) is 43.9 Å². The van der Waals surface area contributed by atoms with Crippen molar-refractivity contribution in [3.05, 3.63) is 43.7 Å². The molecule has 166 valence electrons. The van der Waals surface area contributed by atoms with Gasteiger partial charge < -0.3 is 0 Å². The lowest BCUT2D eigenvalue weighted by Gasteiger charge is -2.55. The molecular formula is C22H24N6O3S. The van der Waals surface area contributed by atoms with Crippen LogP contribution in [0, 0.1) is 17.8 Å². The third-order valence-electron chi connectivity index (χ3n) is 7.67. The molecule has 0 unspecified atom stereocenters. The quantitative estimate of drug-likeness (QED) is 0.652. The van der Waals surface area contributed by atoms with Crippen LogP contribution in [0.15, 0.2) is 21.7 Å². The molecule has 10 heteroatoms. The summed E-state index contributed by atoms with van der Waals surface area (Å²) in [6, 6.07) is 3.02. The average molecular weight is 453 g/mol. The third-order valence-corrected chi connectivity index (χ3v) is 8.76. The van der Waals surface area contributed by atoms with Crippen LogP contribution in [-0.4, -0.2) is 30.2 Å². The summed E-state index contributed by atoms with van der Waals surface area (Å²) in [6.07, 6.45) is 7.66. The fourth-order valence-electron chi connectivity index (χ4n) is 6.60. The van der Waals surface area contributed by atoms with E-state index in [-0.39, 0.29) is 22.1 Å². The molecule has 1 amide bonds. The number of aryl methyl sites for hydroxylation is 1. The van der Waals surface area contributed by atoms with Crippen LogP contribution in [-0.2, 0) is 19.5 Å². The summed E-state index contributed by atoms with van der Waals surface area (Å²) in [4.78, 5) is 41.7. The van der Waals surface area contributed by atoms with Gasteiger partial charge in [-0.15, -0.1) is 10.2 Å². The number of hydrogen-bond donors (Lipinski definition) is 1. The second-order valence-electron chi connectivity index (χ2n) is 9.84. The number of carbonyl (C=O) groups is 1. The molecule has 9 nitrogen and oxygen atoms in total. The molecule has 0 spiro atoms. The van der Waals surface area contributed by atoms with Crippen LogP contribution in [0.25, 0.3) is 11.0 Å². The fourth-order valence-corrected chi connectivity index (χ4v) is 7.56. The smallest absolute Gasteiger partial charge is 0.295 e. The number of hydrogen-bond acceptors (Lipinski definition) is 7. The Morgan fingerprint density at radius 3 is 2.34 bits per heavy atom. The summed E-state index contributed by atoms with van der Waals surface area (Å²) < 4.78 is 2.29. The molecule has 3 aromatic heterocycles. The van der Waals surface area contributed by atoms with Crippen molar-refractivity contribution in [3.8, 4) is 0 Å². The summed E-state index contributed by atoms with van der Waals surface area (Å²) in [5.41, 5.74) is -0.497. The van der Waals surface area contributed by atoms with Gasteiger partial charge in [-0.05, 0) is 68.4 Å². The predicted octanol–water partition coefficient (Wildman–Crippen LogP) is 2.20. The molecule has 7 rings (SSSR count). The van der Waals surface area contributed by atoms with Gasteiger partial charge in [-0.2, -0.15) is 0 Å². The molecule has 4 saturated carbocycles. The highest BCUT2D eigenvalue weighted by Gasteiger charge is 2.53. The molecule has 0 saturated heterocycles. The topological polar surface area (TPSA) is 112 Å². The van der Waals surface area contributed by atoms with Crippen LogP contribution in [0.2, 0.25) is 0 Å². The van der Waals surface area contributed by atoms with E-state index in [0.717, 1.165) is 27.3 Å². The van der Waals surface area contributed by atoms with Crippen LogP contribution in [0.1, 0.15) is 54.0 Å². The predicted molar refractivity (Wildman–Crippen MR) is 120 cm³/mol. The Balaban J connectivity index is 1.28. The highest BCUT2D eigenvalue weighted by molar-refractivity contribution is 7.15. The van der Waals surface area contributed by atoms with E-state index in [1.54, 1.807) is 0 Å². The first-order valence-electron chi connectivity index (χ1n) is 11.0. The van der Waals surface area contributed by atoms with Crippen LogP contribution < -0.4 is 16.6 Å². The lowest BCUT2D eigenvalue weighted by molar-refractivity contribution is -0.00555. The van der Waals surface area contributed by atoms with E-state index in [1.807, 2.05) is 0 Å². The van der Waals surface area contributed by atoms with E-state index in [4.69, 9.17) is 0 Å². The second kappa shape index (κ2) is 6.81. The molecule has 0 radical (unpaired) electrons. The Hall–Kier alpha value is -2.88. The highest BCUT2D eigenvalue weighted by atomic mass is 32.1. The van der Waals surface area contributed by atoms with E-state index in [9.17, 15) is 14.4 Å².